The average Bonchev–Trinajstić information content (AvgIpc) is 2.90. The number of hydrogen-bond acceptors (Lipinski definition) is 2. The van der Waals surface area contributed by atoms with Crippen LogP contribution in [0.25, 0.3) is 0 Å². The van der Waals surface area contributed by atoms with Gasteiger partial charge < -0.3 is 20.3 Å². The van der Waals surface area contributed by atoms with Crippen molar-refractivity contribution in [2.45, 2.75) is 19.9 Å². The second-order valence-corrected chi connectivity index (χ2v) is 5.23. The number of aliphatic imine (C=N–C) groups is 1. The molecule has 22 heavy (non-hydrogen) atoms. The number of guanidine groups is 1. The molecule has 0 bridgehead atoms. The van der Waals surface area contributed by atoms with E-state index in [4.69, 9.17) is 0 Å². The Bertz CT molecular complexity index is 619. The molecule has 0 fully saturated rings. The molecule has 0 radical (unpaired) electrons. The minimum atomic E-state index is 0.308. The summed E-state index contributed by atoms with van der Waals surface area (Å²) in [5.41, 5.74) is 2.29. The fourth-order valence-corrected chi connectivity index (χ4v) is 2.20. The van der Waals surface area contributed by atoms with Gasteiger partial charge in [0.05, 0.1) is 6.54 Å². The maximum atomic E-state index is 9.46. The second kappa shape index (κ2) is 8.12. The summed E-state index contributed by atoms with van der Waals surface area (Å²) in [6, 6.07) is 9.41. The average molecular weight is 300 g/mol. The van der Waals surface area contributed by atoms with Gasteiger partial charge in [-0.25, -0.2) is 4.99 Å². The zero-order valence-electron chi connectivity index (χ0n) is 13.2. The number of aromatic nitrogens is 1. The van der Waals surface area contributed by atoms with Crippen LogP contribution in [0.15, 0.2) is 47.7 Å². The Morgan fingerprint density at radius 1 is 1.23 bits per heavy atom. The summed E-state index contributed by atoms with van der Waals surface area (Å²) in [7, 11) is 2.01. The second-order valence-electron chi connectivity index (χ2n) is 5.23. The van der Waals surface area contributed by atoms with Crippen molar-refractivity contribution in [3.05, 3.63) is 53.9 Å². The van der Waals surface area contributed by atoms with Crippen LogP contribution in [0.2, 0.25) is 0 Å². The molecule has 0 unspecified atom stereocenters. The van der Waals surface area contributed by atoms with Crippen LogP contribution in [0.4, 0.5) is 0 Å². The molecule has 3 N–H and O–H groups in total. The van der Waals surface area contributed by atoms with Crippen LogP contribution in [0.3, 0.4) is 0 Å². The van der Waals surface area contributed by atoms with Gasteiger partial charge in [0.1, 0.15) is 5.75 Å². The van der Waals surface area contributed by atoms with Gasteiger partial charge in [0.25, 0.3) is 0 Å². The molecule has 5 heteroatoms. The van der Waals surface area contributed by atoms with Crippen molar-refractivity contribution in [2.24, 2.45) is 12.0 Å². The fraction of sp³-hybridized carbons (Fsp3) is 0.353. The Morgan fingerprint density at radius 2 is 2.09 bits per heavy atom. The van der Waals surface area contributed by atoms with Gasteiger partial charge in [-0.1, -0.05) is 12.1 Å². The van der Waals surface area contributed by atoms with E-state index in [1.54, 1.807) is 12.1 Å². The number of nitrogens with zero attached hydrogens (tertiary/aromatic N) is 2. The Hall–Kier alpha value is -2.43. The molecule has 118 valence electrons. The molecule has 0 aliphatic rings. The molecule has 1 aromatic carbocycles. The van der Waals surface area contributed by atoms with Crippen LogP contribution in [-0.2, 0) is 20.0 Å². The van der Waals surface area contributed by atoms with Crippen LogP contribution < -0.4 is 10.6 Å². The van der Waals surface area contributed by atoms with Crippen LogP contribution in [0.5, 0.6) is 5.75 Å². The summed E-state index contributed by atoms with van der Waals surface area (Å²) in [4.78, 5) is 4.58. The van der Waals surface area contributed by atoms with Crippen LogP contribution >= 0.6 is 0 Å². The van der Waals surface area contributed by atoms with Crippen molar-refractivity contribution in [3.63, 3.8) is 0 Å². The number of aromatic hydroxyl groups is 1. The van der Waals surface area contributed by atoms with Gasteiger partial charge in [-0.05, 0) is 42.7 Å². The normalized spacial score (nSPS) is 11.5. The van der Waals surface area contributed by atoms with E-state index < -0.39 is 0 Å². The third-order valence-corrected chi connectivity index (χ3v) is 3.27. The molecule has 0 spiro atoms. The summed E-state index contributed by atoms with van der Waals surface area (Å²) in [6.07, 6.45) is 4.93. The predicted octanol–water partition coefficient (Wildman–Crippen LogP) is 2.03. The lowest BCUT2D eigenvalue weighted by Crippen LogP contribution is -2.38. The highest BCUT2D eigenvalue weighted by atomic mass is 16.3. The Labute approximate surface area is 131 Å². The summed E-state index contributed by atoms with van der Waals surface area (Å²) < 4.78 is 2.02. The van der Waals surface area contributed by atoms with Gasteiger partial charge in [0.15, 0.2) is 5.96 Å². The molecular weight excluding hydrogens is 276 g/mol. The lowest BCUT2D eigenvalue weighted by atomic mass is 10.1. The summed E-state index contributed by atoms with van der Waals surface area (Å²) in [6.45, 7) is 4.30. The number of nitrogens with one attached hydrogen (secondary N) is 2. The first-order chi connectivity index (χ1) is 10.7. The van der Waals surface area contributed by atoms with Crippen LogP contribution in [0.1, 0.15) is 18.1 Å². The molecule has 1 aromatic heterocycles. The maximum absolute atomic E-state index is 9.46. The lowest BCUT2D eigenvalue weighted by molar-refractivity contribution is 0.474. The zero-order valence-corrected chi connectivity index (χ0v) is 13.2. The molecule has 0 saturated heterocycles. The van der Waals surface area contributed by atoms with Gasteiger partial charge in [0, 0.05) is 32.5 Å². The first-order valence-electron chi connectivity index (χ1n) is 7.58. The first-order valence-corrected chi connectivity index (χ1v) is 7.58. The predicted molar refractivity (Wildman–Crippen MR) is 90.0 cm³/mol. The minimum Gasteiger partial charge on any atom is -0.508 e. The van der Waals surface area contributed by atoms with Gasteiger partial charge in [-0.15, -0.1) is 0 Å². The maximum Gasteiger partial charge on any atom is 0.191 e. The van der Waals surface area contributed by atoms with E-state index in [-0.39, 0.29) is 0 Å². The topological polar surface area (TPSA) is 61.6 Å². The van der Waals surface area contributed by atoms with E-state index in [0.29, 0.717) is 12.3 Å². The smallest absolute Gasteiger partial charge is 0.191 e. The Balaban J connectivity index is 1.85. The first kappa shape index (κ1) is 15.9. The van der Waals surface area contributed by atoms with E-state index >= 15 is 0 Å². The van der Waals surface area contributed by atoms with Crippen molar-refractivity contribution in [2.75, 3.05) is 13.1 Å². The number of benzene rings is 1. The molecule has 2 aromatic rings. The number of hydrogen-bond donors (Lipinski definition) is 3. The van der Waals surface area contributed by atoms with Gasteiger partial charge in [-0.2, -0.15) is 0 Å². The summed E-state index contributed by atoms with van der Waals surface area (Å²) >= 11 is 0. The van der Waals surface area contributed by atoms with Gasteiger partial charge >= 0.3 is 0 Å². The van der Waals surface area contributed by atoms with E-state index in [1.807, 2.05) is 29.9 Å². The molecule has 0 amide bonds. The standard InChI is InChI=1S/C17H24N4O/c1-3-18-17(20-12-15-8-10-21(2)13-15)19-9-7-14-5-4-6-16(22)11-14/h4-6,8,10-11,13,22H,3,7,9,12H2,1-2H3,(H2,18,19,20). The lowest BCUT2D eigenvalue weighted by Gasteiger charge is -2.11. The summed E-state index contributed by atoms with van der Waals surface area (Å²) in [5.74, 6) is 1.12. The van der Waals surface area contributed by atoms with E-state index in [1.165, 1.54) is 5.56 Å². The third kappa shape index (κ3) is 5.16. The molecule has 5 nitrogen and oxygen atoms in total. The molecule has 1 heterocycles. The van der Waals surface area contributed by atoms with Gasteiger partial charge in [0.2, 0.25) is 0 Å². The van der Waals surface area contributed by atoms with Crippen molar-refractivity contribution < 1.29 is 5.11 Å². The minimum absolute atomic E-state index is 0.308. The molecule has 0 aliphatic heterocycles. The highest BCUT2D eigenvalue weighted by molar-refractivity contribution is 5.79. The zero-order chi connectivity index (χ0) is 15.8. The van der Waals surface area contributed by atoms with Crippen molar-refractivity contribution in [1.82, 2.24) is 15.2 Å². The van der Waals surface area contributed by atoms with E-state index in [2.05, 4.69) is 34.8 Å². The van der Waals surface area contributed by atoms with E-state index in [9.17, 15) is 5.11 Å². The fourth-order valence-electron chi connectivity index (χ4n) is 2.20. The Kier molecular flexibility index (Phi) is 5.89. The number of aryl methyl sites for hydroxylation is 1. The van der Waals surface area contributed by atoms with Crippen molar-refractivity contribution >= 4 is 5.96 Å². The number of rotatable bonds is 6. The van der Waals surface area contributed by atoms with Crippen molar-refractivity contribution in [3.8, 4) is 5.75 Å². The SMILES string of the molecule is CCNC(=NCc1ccn(C)c1)NCCc1cccc(O)c1. The molecule has 0 saturated carbocycles. The molecular formula is C17H24N4O. The van der Waals surface area contributed by atoms with Gasteiger partial charge in [-0.3, -0.25) is 0 Å². The number of phenols is 1. The molecule has 2 rings (SSSR count). The largest absolute Gasteiger partial charge is 0.508 e. The van der Waals surface area contributed by atoms with Crippen molar-refractivity contribution in [1.29, 1.82) is 0 Å². The highest BCUT2D eigenvalue weighted by Gasteiger charge is 1.99. The summed E-state index contributed by atoms with van der Waals surface area (Å²) in [5, 5.41) is 16.0. The number of phenolic OH excluding ortho intramolecular Hbond substituents is 1. The van der Waals surface area contributed by atoms with Crippen LogP contribution in [-0.4, -0.2) is 28.7 Å². The van der Waals surface area contributed by atoms with Crippen LogP contribution in [0, 0.1) is 0 Å². The highest BCUT2D eigenvalue weighted by Crippen LogP contribution is 2.10. The quantitative estimate of drug-likeness (QED) is 0.565. The van der Waals surface area contributed by atoms with E-state index in [0.717, 1.165) is 31.0 Å². The Morgan fingerprint density at radius 3 is 2.77 bits per heavy atom. The molecule has 0 aliphatic carbocycles. The third-order valence-electron chi connectivity index (χ3n) is 3.27. The monoisotopic (exact) mass is 300 g/mol. The molecule has 0 atom stereocenters.